The molecule has 0 radical (unpaired) electrons. The lowest BCUT2D eigenvalue weighted by Crippen LogP contribution is -2.11. The molecule has 0 aliphatic heterocycles. The van der Waals surface area contributed by atoms with Crippen LogP contribution in [0.25, 0.3) is 0 Å². The molecule has 0 unspecified atom stereocenters. The molecule has 1 fully saturated rings. The van der Waals surface area contributed by atoms with Gasteiger partial charge in [0.1, 0.15) is 4.88 Å². The summed E-state index contributed by atoms with van der Waals surface area (Å²) < 4.78 is 0. The first-order chi connectivity index (χ1) is 7.02. The van der Waals surface area contributed by atoms with Crippen LogP contribution >= 0.6 is 11.3 Å². The molecule has 2 rings (SSSR count). The van der Waals surface area contributed by atoms with E-state index in [-0.39, 0.29) is 0 Å². The molecule has 1 saturated carbocycles. The molecule has 82 valence electrons. The van der Waals surface area contributed by atoms with Crippen LogP contribution in [0.2, 0.25) is 0 Å². The van der Waals surface area contributed by atoms with E-state index in [2.05, 4.69) is 0 Å². The van der Waals surface area contributed by atoms with Crippen molar-refractivity contribution in [3.63, 3.8) is 0 Å². The van der Waals surface area contributed by atoms with Gasteiger partial charge in [-0.3, -0.25) is 4.79 Å². The van der Waals surface area contributed by atoms with Crippen molar-refractivity contribution in [3.8, 4) is 0 Å². The molecule has 0 spiro atoms. The first-order valence-corrected chi connectivity index (χ1v) is 5.73. The van der Waals surface area contributed by atoms with Crippen molar-refractivity contribution < 1.29 is 4.79 Å². The van der Waals surface area contributed by atoms with E-state index in [1.54, 1.807) is 0 Å². The second-order valence-corrected chi connectivity index (χ2v) is 5.10. The molecular weight excluding hydrogens is 210 g/mol. The van der Waals surface area contributed by atoms with Crippen LogP contribution in [0.3, 0.4) is 0 Å². The van der Waals surface area contributed by atoms with E-state index in [1.165, 1.54) is 24.2 Å². The highest BCUT2D eigenvalue weighted by Crippen LogP contribution is 2.51. The molecule has 1 aliphatic rings. The molecule has 0 atom stereocenters. The summed E-state index contributed by atoms with van der Waals surface area (Å²) in [6.45, 7) is 0. The van der Waals surface area contributed by atoms with E-state index < -0.39 is 5.91 Å². The van der Waals surface area contributed by atoms with Crippen LogP contribution in [0.15, 0.2) is 0 Å². The number of hydrogen-bond acceptors (Lipinski definition) is 4. The van der Waals surface area contributed by atoms with Crippen LogP contribution in [0.1, 0.15) is 34.0 Å². The number of anilines is 2. The van der Waals surface area contributed by atoms with Gasteiger partial charge in [-0.2, -0.15) is 0 Å². The fourth-order valence-corrected chi connectivity index (χ4v) is 2.81. The largest absolute Gasteiger partial charge is 0.397 e. The van der Waals surface area contributed by atoms with Crippen LogP contribution in [-0.2, 0) is 0 Å². The zero-order valence-corrected chi connectivity index (χ0v) is 9.73. The summed E-state index contributed by atoms with van der Waals surface area (Å²) >= 11 is 1.40. The summed E-state index contributed by atoms with van der Waals surface area (Å²) in [5.74, 6) is 0.110. The Morgan fingerprint density at radius 2 is 2.07 bits per heavy atom. The number of nitrogens with zero attached hydrogens (tertiary/aromatic N) is 1. The quantitative estimate of drug-likeness (QED) is 0.816. The zero-order chi connectivity index (χ0) is 11.2. The second kappa shape index (κ2) is 3.41. The van der Waals surface area contributed by atoms with Crippen molar-refractivity contribution >= 4 is 27.9 Å². The summed E-state index contributed by atoms with van der Waals surface area (Å²) in [6.07, 6.45) is 2.33. The Morgan fingerprint density at radius 1 is 1.47 bits per heavy atom. The Morgan fingerprint density at radius 3 is 2.47 bits per heavy atom. The molecular formula is C10H15N3OS. The lowest BCUT2D eigenvalue weighted by molar-refractivity contribution is 0.100. The third-order valence-corrected chi connectivity index (χ3v) is 3.98. The molecule has 4 nitrogen and oxygen atoms in total. The lowest BCUT2D eigenvalue weighted by atomic mass is 10.1. The summed E-state index contributed by atoms with van der Waals surface area (Å²) in [7, 11) is 3.92. The highest BCUT2D eigenvalue weighted by molar-refractivity contribution is 7.18. The van der Waals surface area contributed by atoms with Gasteiger partial charge in [0.05, 0.1) is 10.7 Å². The number of carbonyl (C=O) groups is 1. The van der Waals surface area contributed by atoms with Gasteiger partial charge >= 0.3 is 0 Å². The van der Waals surface area contributed by atoms with Gasteiger partial charge in [-0.1, -0.05) is 0 Å². The number of nitrogen functional groups attached to an aromatic ring is 1. The topological polar surface area (TPSA) is 72.3 Å². The normalized spacial score (nSPS) is 15.3. The Kier molecular flexibility index (Phi) is 2.34. The highest BCUT2D eigenvalue weighted by Gasteiger charge is 2.32. The first kappa shape index (κ1) is 10.3. The summed E-state index contributed by atoms with van der Waals surface area (Å²) in [6, 6.07) is 0. The van der Waals surface area contributed by atoms with E-state index >= 15 is 0 Å². The van der Waals surface area contributed by atoms with E-state index in [1.807, 2.05) is 19.0 Å². The van der Waals surface area contributed by atoms with Gasteiger partial charge in [-0.05, 0) is 18.8 Å². The van der Waals surface area contributed by atoms with Gasteiger partial charge in [-0.25, -0.2) is 0 Å². The van der Waals surface area contributed by atoms with Crippen LogP contribution in [0.5, 0.6) is 0 Å². The Bertz CT molecular complexity index is 407. The third kappa shape index (κ3) is 1.67. The lowest BCUT2D eigenvalue weighted by Gasteiger charge is -2.12. The van der Waals surface area contributed by atoms with E-state index in [9.17, 15) is 4.79 Å². The minimum atomic E-state index is -0.424. The smallest absolute Gasteiger partial charge is 0.260 e. The van der Waals surface area contributed by atoms with E-state index in [0.717, 1.165) is 10.6 Å². The zero-order valence-electron chi connectivity index (χ0n) is 8.91. The second-order valence-electron chi connectivity index (χ2n) is 4.10. The molecule has 5 heteroatoms. The molecule has 1 aromatic heterocycles. The minimum Gasteiger partial charge on any atom is -0.397 e. The predicted molar refractivity (Wildman–Crippen MR) is 63.6 cm³/mol. The average Bonchev–Trinajstić information content (AvgIpc) is 2.89. The number of carbonyl (C=O) groups excluding carboxylic acids is 1. The summed E-state index contributed by atoms with van der Waals surface area (Å²) in [5.41, 5.74) is 13.0. The number of hydrogen-bond donors (Lipinski definition) is 2. The maximum Gasteiger partial charge on any atom is 0.260 e. The van der Waals surface area contributed by atoms with Gasteiger partial charge in [0, 0.05) is 19.7 Å². The molecule has 1 amide bonds. The Labute approximate surface area is 92.9 Å². The summed E-state index contributed by atoms with van der Waals surface area (Å²) in [4.78, 5) is 13.7. The van der Waals surface area contributed by atoms with Crippen molar-refractivity contribution in [1.29, 1.82) is 0 Å². The number of thiophene rings is 1. The van der Waals surface area contributed by atoms with Crippen LogP contribution < -0.4 is 16.4 Å². The number of primary amides is 1. The molecule has 15 heavy (non-hydrogen) atoms. The molecule has 1 aromatic rings. The van der Waals surface area contributed by atoms with Crippen LogP contribution in [-0.4, -0.2) is 20.0 Å². The molecule has 4 N–H and O–H groups in total. The SMILES string of the molecule is CN(C)c1sc(C(N)=O)c(N)c1C1CC1. The monoisotopic (exact) mass is 225 g/mol. The number of nitrogens with two attached hydrogens (primary N) is 2. The molecule has 1 heterocycles. The average molecular weight is 225 g/mol. The van der Waals surface area contributed by atoms with Gasteiger partial charge in [0.2, 0.25) is 0 Å². The van der Waals surface area contributed by atoms with Gasteiger partial charge in [0.25, 0.3) is 5.91 Å². The van der Waals surface area contributed by atoms with Crippen molar-refractivity contribution in [2.24, 2.45) is 5.73 Å². The highest BCUT2D eigenvalue weighted by atomic mass is 32.1. The summed E-state index contributed by atoms with van der Waals surface area (Å²) in [5, 5.41) is 1.07. The van der Waals surface area contributed by atoms with Crippen molar-refractivity contribution in [2.45, 2.75) is 18.8 Å². The van der Waals surface area contributed by atoms with Gasteiger partial charge < -0.3 is 16.4 Å². The van der Waals surface area contributed by atoms with Gasteiger partial charge in [-0.15, -0.1) is 11.3 Å². The maximum absolute atomic E-state index is 11.2. The number of amides is 1. The molecule has 1 aliphatic carbocycles. The van der Waals surface area contributed by atoms with E-state index in [0.29, 0.717) is 16.5 Å². The van der Waals surface area contributed by atoms with Crippen LogP contribution in [0, 0.1) is 0 Å². The fourth-order valence-electron chi connectivity index (χ4n) is 1.73. The molecule has 0 saturated heterocycles. The van der Waals surface area contributed by atoms with Crippen molar-refractivity contribution in [3.05, 3.63) is 10.4 Å². The first-order valence-electron chi connectivity index (χ1n) is 4.91. The minimum absolute atomic E-state index is 0.424. The third-order valence-electron chi connectivity index (χ3n) is 2.58. The molecule has 0 aromatic carbocycles. The predicted octanol–water partition coefficient (Wildman–Crippen LogP) is 1.37. The maximum atomic E-state index is 11.2. The number of rotatable bonds is 3. The molecule has 0 bridgehead atoms. The van der Waals surface area contributed by atoms with Crippen molar-refractivity contribution in [1.82, 2.24) is 0 Å². The van der Waals surface area contributed by atoms with E-state index in [4.69, 9.17) is 11.5 Å². The fraction of sp³-hybridized carbons (Fsp3) is 0.500. The Balaban J connectivity index is 2.53. The standard InChI is InChI=1S/C10H15N3OS/c1-13(2)10-6(5-3-4-5)7(11)8(15-10)9(12)14/h5H,3-4,11H2,1-2H3,(H2,12,14). The van der Waals surface area contributed by atoms with Crippen LogP contribution in [0.4, 0.5) is 10.7 Å². The Hall–Kier alpha value is -1.23. The van der Waals surface area contributed by atoms with Crippen molar-refractivity contribution in [2.75, 3.05) is 24.7 Å². The van der Waals surface area contributed by atoms with Gasteiger partial charge in [0.15, 0.2) is 0 Å².